The van der Waals surface area contributed by atoms with Gasteiger partial charge in [0.2, 0.25) is 0 Å². The van der Waals surface area contributed by atoms with Crippen molar-refractivity contribution in [1.29, 1.82) is 0 Å². The van der Waals surface area contributed by atoms with Gasteiger partial charge in [0.15, 0.2) is 19.5 Å². The fraction of sp³-hybridized carbons (Fsp3) is 0.467. The van der Waals surface area contributed by atoms with Crippen molar-refractivity contribution in [3.05, 3.63) is 63.9 Å². The molecule has 1 amide bonds. The van der Waals surface area contributed by atoms with Gasteiger partial charge < -0.3 is 38.5 Å². The number of rotatable bonds is 11. The van der Waals surface area contributed by atoms with Crippen LogP contribution in [-0.4, -0.2) is 94.4 Å². The molecule has 3 heterocycles. The fourth-order valence-electron chi connectivity index (χ4n) is 5.51. The van der Waals surface area contributed by atoms with Crippen molar-refractivity contribution in [3.8, 4) is 17.2 Å². The molecule has 2 aliphatic rings. The second kappa shape index (κ2) is 13.4. The van der Waals surface area contributed by atoms with Crippen molar-refractivity contribution < 1.29 is 23.7 Å². The number of methoxy groups -OCH3 is 2. The molecule has 3 aromatic rings. The number of carbonyl (C=O) groups excluding carboxylic acids is 1. The molecule has 11 heteroatoms. The van der Waals surface area contributed by atoms with Crippen LogP contribution in [0.15, 0.2) is 47.3 Å². The Morgan fingerprint density at radius 1 is 1.05 bits per heavy atom. The van der Waals surface area contributed by atoms with Crippen molar-refractivity contribution >= 4 is 24.8 Å². The van der Waals surface area contributed by atoms with Crippen LogP contribution in [0.25, 0.3) is 10.9 Å². The summed E-state index contributed by atoms with van der Waals surface area (Å²) in [6.45, 7) is 5.51. The normalized spacial score (nSPS) is 15.8. The maximum atomic E-state index is 13.2. The molecule has 2 aliphatic heterocycles. The molecular weight excluding hydrogens is 523 g/mol. The zero-order chi connectivity index (χ0) is 28.8. The van der Waals surface area contributed by atoms with Gasteiger partial charge in [-0.1, -0.05) is 6.07 Å². The first-order chi connectivity index (χ1) is 20.0. The van der Waals surface area contributed by atoms with Crippen LogP contribution in [0.5, 0.6) is 17.2 Å². The third kappa shape index (κ3) is 6.86. The van der Waals surface area contributed by atoms with Crippen LogP contribution in [0.3, 0.4) is 0 Å². The number of likely N-dealkylation sites (tertiary alicyclic amines) is 1. The van der Waals surface area contributed by atoms with Gasteiger partial charge in [0.1, 0.15) is 19.0 Å². The predicted molar refractivity (Wildman–Crippen MR) is 157 cm³/mol. The average Bonchev–Trinajstić information content (AvgIpc) is 3.00. The number of nitrogens with one attached hydrogen (secondary N) is 1. The molecule has 2 aromatic carbocycles. The zero-order valence-corrected chi connectivity index (χ0v) is 23.8. The van der Waals surface area contributed by atoms with Crippen molar-refractivity contribution in [2.75, 3.05) is 60.2 Å². The third-order valence-corrected chi connectivity index (χ3v) is 7.79. The summed E-state index contributed by atoms with van der Waals surface area (Å²) in [5, 5.41) is 3.52. The molecule has 5 rings (SSSR count). The van der Waals surface area contributed by atoms with Gasteiger partial charge >= 0.3 is 0 Å². The Balaban J connectivity index is 1.21. The number of nitrogens with zero attached hydrogens (tertiary/aromatic N) is 3. The lowest BCUT2D eigenvalue weighted by molar-refractivity contribution is 0.0938. The van der Waals surface area contributed by atoms with Crippen LogP contribution in [0, 0.1) is 0 Å². The number of piperidine rings is 1. The topological polar surface area (TPSA) is 94.5 Å². The molecule has 10 nitrogen and oxygen atoms in total. The summed E-state index contributed by atoms with van der Waals surface area (Å²) in [5.74, 6) is 1.88. The standard InChI is InChI=1S/C30H37BN4O6/c1-38-14-9-32-30(37)25-19-29(36)34(26-18-23(39-2)4-5-24(25)26)13-12-33-10-7-22(8-11-33)35(31)20-21-3-6-27-28(17-21)41-16-15-40-27/h3-6,17-19,22H,7-16,20H2,1-2H3,(H,32,37). The maximum absolute atomic E-state index is 13.2. The molecule has 0 unspecified atom stereocenters. The molecule has 0 bridgehead atoms. The first-order valence-corrected chi connectivity index (χ1v) is 14.1. The smallest absolute Gasteiger partial charge is 0.252 e. The lowest BCUT2D eigenvalue weighted by atomic mass is 9.99. The summed E-state index contributed by atoms with van der Waals surface area (Å²) in [6, 6.07) is 13.1. The molecule has 0 saturated carbocycles. The molecule has 0 spiro atoms. The molecule has 1 aromatic heterocycles. The predicted octanol–water partition coefficient (Wildman–Crippen LogP) is 2.21. The molecular formula is C30H37BN4O6. The number of pyridine rings is 1. The van der Waals surface area contributed by atoms with Crippen LogP contribution in [0.2, 0.25) is 0 Å². The zero-order valence-electron chi connectivity index (χ0n) is 23.8. The monoisotopic (exact) mass is 560 g/mol. The number of carbonyl (C=O) groups is 1. The number of fused-ring (bicyclic) bond motifs is 2. The molecule has 216 valence electrons. The Bertz CT molecular complexity index is 1420. The number of benzene rings is 2. The van der Waals surface area contributed by atoms with Crippen LogP contribution in [0.4, 0.5) is 0 Å². The van der Waals surface area contributed by atoms with Gasteiger partial charge in [-0.25, -0.2) is 0 Å². The van der Waals surface area contributed by atoms with Crippen LogP contribution in [0.1, 0.15) is 28.8 Å². The molecule has 1 saturated heterocycles. The Kier molecular flexibility index (Phi) is 9.48. The highest BCUT2D eigenvalue weighted by Crippen LogP contribution is 2.31. The molecule has 1 fully saturated rings. The summed E-state index contributed by atoms with van der Waals surface area (Å²) in [7, 11) is 9.66. The highest BCUT2D eigenvalue weighted by molar-refractivity contribution is 6.06. The quantitative estimate of drug-likeness (QED) is 0.282. The van der Waals surface area contributed by atoms with E-state index in [1.807, 2.05) is 35.1 Å². The number of hydrogen-bond donors (Lipinski definition) is 1. The Hall–Kier alpha value is -3.54. The maximum Gasteiger partial charge on any atom is 0.252 e. The van der Waals surface area contributed by atoms with E-state index in [1.165, 1.54) is 6.07 Å². The van der Waals surface area contributed by atoms with Gasteiger partial charge in [0.25, 0.3) is 11.5 Å². The second-order valence-electron chi connectivity index (χ2n) is 10.4. The highest BCUT2D eigenvalue weighted by Gasteiger charge is 2.23. The van der Waals surface area contributed by atoms with Gasteiger partial charge in [-0.2, -0.15) is 0 Å². The van der Waals surface area contributed by atoms with E-state index in [1.54, 1.807) is 24.9 Å². The number of aromatic nitrogens is 1. The minimum atomic E-state index is -0.300. The largest absolute Gasteiger partial charge is 0.497 e. The van der Waals surface area contributed by atoms with E-state index in [-0.39, 0.29) is 17.5 Å². The van der Waals surface area contributed by atoms with Gasteiger partial charge in [-0.3, -0.25) is 9.59 Å². The first kappa shape index (κ1) is 29.0. The Labute approximate surface area is 241 Å². The van der Waals surface area contributed by atoms with Crippen molar-refractivity contribution in [1.82, 2.24) is 19.6 Å². The van der Waals surface area contributed by atoms with Crippen LogP contribution >= 0.6 is 0 Å². The van der Waals surface area contributed by atoms with Crippen molar-refractivity contribution in [2.45, 2.75) is 32.0 Å². The summed E-state index contributed by atoms with van der Waals surface area (Å²) in [6.07, 6.45) is 1.87. The Morgan fingerprint density at radius 3 is 2.59 bits per heavy atom. The van der Waals surface area contributed by atoms with E-state index in [9.17, 15) is 9.59 Å². The van der Waals surface area contributed by atoms with Gasteiger partial charge in [-0.15, -0.1) is 0 Å². The SMILES string of the molecule is [B]N(Cc1ccc2c(c1)OCCO2)C1CCN(CCn2c(=O)cc(C(=O)NCCOC)c3ccc(OC)cc32)CC1. The third-order valence-electron chi connectivity index (χ3n) is 7.79. The second-order valence-corrected chi connectivity index (χ2v) is 10.4. The molecule has 41 heavy (non-hydrogen) atoms. The highest BCUT2D eigenvalue weighted by atomic mass is 16.6. The summed E-state index contributed by atoms with van der Waals surface area (Å²) < 4.78 is 23.5. The summed E-state index contributed by atoms with van der Waals surface area (Å²) >= 11 is 0. The van der Waals surface area contributed by atoms with Gasteiger partial charge in [0, 0.05) is 56.8 Å². The van der Waals surface area contributed by atoms with Crippen LogP contribution < -0.4 is 25.1 Å². The van der Waals surface area contributed by atoms with E-state index < -0.39 is 0 Å². The number of ether oxygens (including phenoxy) is 4. The lowest BCUT2D eigenvalue weighted by Gasteiger charge is -2.37. The van der Waals surface area contributed by atoms with Gasteiger partial charge in [0.05, 0.1) is 24.8 Å². The molecule has 1 N–H and O–H groups in total. The molecule has 0 atom stereocenters. The van der Waals surface area contributed by atoms with E-state index in [2.05, 4.69) is 10.2 Å². The summed E-state index contributed by atoms with van der Waals surface area (Å²) in [4.78, 5) is 30.3. The summed E-state index contributed by atoms with van der Waals surface area (Å²) in [5.41, 5.74) is 1.90. The van der Waals surface area contributed by atoms with E-state index in [4.69, 9.17) is 26.9 Å². The van der Waals surface area contributed by atoms with Gasteiger partial charge in [-0.05, 0) is 55.8 Å². The minimum absolute atomic E-state index is 0.218. The first-order valence-electron chi connectivity index (χ1n) is 14.1. The Morgan fingerprint density at radius 2 is 1.83 bits per heavy atom. The number of hydrogen-bond acceptors (Lipinski definition) is 8. The van der Waals surface area contributed by atoms with Crippen molar-refractivity contribution in [3.63, 3.8) is 0 Å². The lowest BCUT2D eigenvalue weighted by Crippen LogP contribution is -2.44. The molecule has 2 radical (unpaired) electrons. The van der Waals surface area contributed by atoms with E-state index in [0.29, 0.717) is 68.2 Å². The van der Waals surface area contributed by atoms with Crippen molar-refractivity contribution in [2.24, 2.45) is 0 Å². The number of amides is 1. The average molecular weight is 560 g/mol. The van der Waals surface area contributed by atoms with Crippen LogP contribution in [-0.2, 0) is 17.8 Å². The van der Waals surface area contributed by atoms with E-state index in [0.717, 1.165) is 43.0 Å². The fourth-order valence-corrected chi connectivity index (χ4v) is 5.51. The van der Waals surface area contributed by atoms with E-state index >= 15 is 0 Å². The minimum Gasteiger partial charge on any atom is -0.497 e. The molecule has 0 aliphatic carbocycles.